The second-order valence-electron chi connectivity index (χ2n) is 3.17. The van der Waals surface area contributed by atoms with Crippen molar-refractivity contribution in [3.63, 3.8) is 0 Å². The van der Waals surface area contributed by atoms with Crippen LogP contribution in [0.3, 0.4) is 0 Å². The van der Waals surface area contributed by atoms with Gasteiger partial charge in [0.25, 0.3) is 0 Å². The zero-order chi connectivity index (χ0) is 14.7. The molecule has 9 heteroatoms. The lowest BCUT2D eigenvalue weighted by Gasteiger charge is -2.23. The molecule has 18 heavy (non-hydrogen) atoms. The summed E-state index contributed by atoms with van der Waals surface area (Å²) in [7, 11) is -6.41. The second-order valence-corrected chi connectivity index (χ2v) is 7.20. The van der Waals surface area contributed by atoms with E-state index in [2.05, 4.69) is 4.43 Å². The molecular weight excluding hydrogens is 276 g/mol. The van der Waals surface area contributed by atoms with Crippen molar-refractivity contribution >= 4 is 17.9 Å². The highest BCUT2D eigenvalue weighted by Gasteiger charge is 2.33. The third kappa shape index (κ3) is 14.2. The Morgan fingerprint density at radius 3 is 1.06 bits per heavy atom. The number of hydrogen-bond acceptors (Lipinski definition) is 7. The van der Waals surface area contributed by atoms with Crippen molar-refractivity contribution in [1.82, 2.24) is 0 Å². The SMILES string of the molecule is CCO[Si](C)(OCC)OCC.CCO[Si](O)(O)O. The van der Waals surface area contributed by atoms with Gasteiger partial charge in [-0.05, 0) is 27.7 Å². The maximum atomic E-state index is 8.05. The fourth-order valence-corrected chi connectivity index (χ4v) is 3.32. The van der Waals surface area contributed by atoms with Crippen LogP contribution >= 0.6 is 0 Å². The van der Waals surface area contributed by atoms with Crippen LogP contribution in [0.1, 0.15) is 27.7 Å². The Bertz CT molecular complexity index is 169. The molecule has 7 nitrogen and oxygen atoms in total. The van der Waals surface area contributed by atoms with E-state index in [9.17, 15) is 0 Å². The first-order valence-corrected chi connectivity index (χ1v) is 9.95. The summed E-state index contributed by atoms with van der Waals surface area (Å²) >= 11 is 0. The van der Waals surface area contributed by atoms with Crippen molar-refractivity contribution < 1.29 is 32.1 Å². The van der Waals surface area contributed by atoms with E-state index in [-0.39, 0.29) is 6.61 Å². The third-order valence-electron chi connectivity index (χ3n) is 1.56. The molecule has 0 atom stereocenters. The normalized spacial score (nSPS) is 12.0. The molecule has 0 bridgehead atoms. The third-order valence-corrected chi connectivity index (χ3v) is 4.67. The first-order valence-electron chi connectivity index (χ1n) is 5.97. The van der Waals surface area contributed by atoms with Crippen molar-refractivity contribution in [1.29, 1.82) is 0 Å². The maximum absolute atomic E-state index is 8.05. The fourth-order valence-electron chi connectivity index (χ4n) is 1.11. The van der Waals surface area contributed by atoms with Crippen LogP contribution in [0.4, 0.5) is 0 Å². The molecule has 112 valence electrons. The number of hydrogen-bond donors (Lipinski definition) is 3. The predicted molar refractivity (Wildman–Crippen MR) is 70.5 cm³/mol. The van der Waals surface area contributed by atoms with Crippen LogP contribution in [0.2, 0.25) is 6.55 Å². The standard InChI is InChI=1S/C7H18O3Si.C2H8O4Si/c1-5-8-11(4,9-6-2)10-7-3;1-2-6-7(3,4)5/h5-7H2,1-4H3;3-5H,2H2,1H3. The molecule has 0 rings (SSSR count). The van der Waals surface area contributed by atoms with Crippen LogP contribution < -0.4 is 0 Å². The molecule has 0 aromatic carbocycles. The highest BCUT2D eigenvalue weighted by molar-refractivity contribution is 6.59. The van der Waals surface area contributed by atoms with E-state index in [1.54, 1.807) is 6.92 Å². The monoisotopic (exact) mass is 302 g/mol. The molecule has 0 aliphatic rings. The Kier molecular flexibility index (Phi) is 12.5. The fraction of sp³-hybridized carbons (Fsp3) is 1.00. The minimum absolute atomic E-state index is 0.121. The van der Waals surface area contributed by atoms with Gasteiger partial charge < -0.3 is 32.1 Å². The Balaban J connectivity index is 0. The zero-order valence-corrected chi connectivity index (χ0v) is 13.8. The van der Waals surface area contributed by atoms with Crippen molar-refractivity contribution in [3.8, 4) is 0 Å². The van der Waals surface area contributed by atoms with Crippen molar-refractivity contribution in [3.05, 3.63) is 0 Å². The maximum Gasteiger partial charge on any atom is 0.671 e. The molecule has 0 radical (unpaired) electrons. The summed E-state index contributed by atoms with van der Waals surface area (Å²) in [5.41, 5.74) is 0. The van der Waals surface area contributed by atoms with Gasteiger partial charge in [0.2, 0.25) is 0 Å². The van der Waals surface area contributed by atoms with Gasteiger partial charge in [0, 0.05) is 33.0 Å². The van der Waals surface area contributed by atoms with E-state index in [0.717, 1.165) is 0 Å². The van der Waals surface area contributed by atoms with Crippen LogP contribution in [0.5, 0.6) is 0 Å². The summed E-state index contributed by atoms with van der Waals surface area (Å²) in [5.74, 6) is 0. The Hall–Kier alpha value is 0.154. The van der Waals surface area contributed by atoms with Gasteiger partial charge in [-0.3, -0.25) is 0 Å². The quantitative estimate of drug-likeness (QED) is 0.547. The van der Waals surface area contributed by atoms with E-state index >= 15 is 0 Å². The van der Waals surface area contributed by atoms with Crippen LogP contribution in [0.15, 0.2) is 0 Å². The Morgan fingerprint density at radius 1 is 0.667 bits per heavy atom. The first-order chi connectivity index (χ1) is 8.24. The highest BCUT2D eigenvalue weighted by atomic mass is 28.4. The van der Waals surface area contributed by atoms with Crippen molar-refractivity contribution in [2.45, 2.75) is 34.2 Å². The Labute approximate surface area is 111 Å². The van der Waals surface area contributed by atoms with E-state index < -0.39 is 17.9 Å². The molecule has 0 aliphatic heterocycles. The minimum atomic E-state index is -4.16. The molecule has 0 saturated heterocycles. The molecule has 0 aliphatic carbocycles. The summed E-state index contributed by atoms with van der Waals surface area (Å²) in [6.07, 6.45) is 0. The van der Waals surface area contributed by atoms with Gasteiger partial charge in [-0.2, -0.15) is 0 Å². The van der Waals surface area contributed by atoms with Gasteiger partial charge in [-0.25, -0.2) is 0 Å². The highest BCUT2D eigenvalue weighted by Crippen LogP contribution is 2.08. The molecule has 3 N–H and O–H groups in total. The lowest BCUT2D eigenvalue weighted by molar-refractivity contribution is 0.0686. The molecule has 0 amide bonds. The van der Waals surface area contributed by atoms with Gasteiger partial charge >= 0.3 is 17.9 Å². The van der Waals surface area contributed by atoms with Crippen molar-refractivity contribution in [2.75, 3.05) is 26.4 Å². The lowest BCUT2D eigenvalue weighted by atomic mass is 10.9. The van der Waals surface area contributed by atoms with E-state index in [4.69, 9.17) is 27.7 Å². The van der Waals surface area contributed by atoms with Gasteiger partial charge in [0.05, 0.1) is 0 Å². The van der Waals surface area contributed by atoms with Crippen molar-refractivity contribution in [2.24, 2.45) is 0 Å². The average Bonchev–Trinajstić information content (AvgIpc) is 2.17. The molecule has 0 fully saturated rings. The summed E-state index contributed by atoms with van der Waals surface area (Å²) in [5, 5.41) is 0. The smallest absolute Gasteiger partial charge is 0.374 e. The van der Waals surface area contributed by atoms with Crippen LogP contribution in [0, 0.1) is 0 Å². The van der Waals surface area contributed by atoms with Gasteiger partial charge in [-0.1, -0.05) is 0 Å². The van der Waals surface area contributed by atoms with Crippen LogP contribution in [0.25, 0.3) is 0 Å². The largest absolute Gasteiger partial charge is 0.671 e. The second kappa shape index (κ2) is 11.0. The lowest BCUT2D eigenvalue weighted by Crippen LogP contribution is -2.42. The van der Waals surface area contributed by atoms with Gasteiger partial charge in [0.1, 0.15) is 0 Å². The van der Waals surface area contributed by atoms with Gasteiger partial charge in [0.15, 0.2) is 0 Å². The summed E-state index contributed by atoms with van der Waals surface area (Å²) in [6.45, 7) is 11.4. The van der Waals surface area contributed by atoms with E-state index in [0.29, 0.717) is 19.8 Å². The first kappa shape index (κ1) is 20.5. The number of rotatable bonds is 8. The van der Waals surface area contributed by atoms with E-state index in [1.165, 1.54) is 0 Å². The molecule has 0 unspecified atom stereocenters. The average molecular weight is 302 g/mol. The molecule has 0 heterocycles. The molecule has 0 saturated carbocycles. The predicted octanol–water partition coefficient (Wildman–Crippen LogP) is 0.100. The molecular formula is C9H26O7Si2. The summed E-state index contributed by atoms with van der Waals surface area (Å²) < 4.78 is 20.2. The molecule has 0 aromatic rings. The van der Waals surface area contributed by atoms with Gasteiger partial charge in [-0.15, -0.1) is 0 Å². The van der Waals surface area contributed by atoms with E-state index in [1.807, 2.05) is 27.3 Å². The molecule has 0 aromatic heterocycles. The Morgan fingerprint density at radius 2 is 0.944 bits per heavy atom. The zero-order valence-electron chi connectivity index (χ0n) is 11.8. The summed E-state index contributed by atoms with van der Waals surface area (Å²) in [4.78, 5) is 24.1. The molecule has 0 spiro atoms. The summed E-state index contributed by atoms with van der Waals surface area (Å²) in [6, 6.07) is 0. The topological polar surface area (TPSA) is 97.6 Å². The minimum Gasteiger partial charge on any atom is -0.374 e. The van der Waals surface area contributed by atoms with Crippen LogP contribution in [-0.2, 0) is 17.7 Å². The van der Waals surface area contributed by atoms with Crippen LogP contribution in [-0.4, -0.2) is 58.7 Å².